The first-order valence-corrected chi connectivity index (χ1v) is 8.70. The molecule has 1 amide bonds. The Morgan fingerprint density at radius 2 is 2.17 bits per heavy atom. The number of hydrogen-bond donors (Lipinski definition) is 2. The Morgan fingerprint density at radius 3 is 2.87 bits per heavy atom. The van der Waals surface area contributed by atoms with Gasteiger partial charge in [0.2, 0.25) is 5.91 Å². The lowest BCUT2D eigenvalue weighted by atomic mass is 9.87. The summed E-state index contributed by atoms with van der Waals surface area (Å²) < 4.78 is 0. The quantitative estimate of drug-likeness (QED) is 0.813. The van der Waals surface area contributed by atoms with Gasteiger partial charge >= 0.3 is 0 Å². The first-order valence-electron chi connectivity index (χ1n) is 8.70. The average molecular weight is 318 g/mol. The number of rotatable bonds is 7. The van der Waals surface area contributed by atoms with Crippen molar-refractivity contribution in [2.45, 2.75) is 57.5 Å². The zero-order chi connectivity index (χ0) is 16.9. The number of nitrogens with one attached hydrogen (secondary N) is 1. The molecule has 0 heterocycles. The van der Waals surface area contributed by atoms with Crippen molar-refractivity contribution in [2.24, 2.45) is 0 Å². The summed E-state index contributed by atoms with van der Waals surface area (Å²) in [6.07, 6.45) is 4.81. The molecule has 0 aromatic heterocycles. The second-order valence-corrected chi connectivity index (χ2v) is 6.85. The van der Waals surface area contributed by atoms with Gasteiger partial charge in [-0.1, -0.05) is 31.2 Å². The lowest BCUT2D eigenvalue weighted by Gasteiger charge is -2.35. The molecule has 4 nitrogen and oxygen atoms in total. The maximum absolute atomic E-state index is 12.6. The van der Waals surface area contributed by atoms with Gasteiger partial charge in [-0.15, -0.1) is 0 Å². The van der Waals surface area contributed by atoms with Gasteiger partial charge in [-0.05, 0) is 50.2 Å². The molecule has 4 heteroatoms. The predicted octanol–water partition coefficient (Wildman–Crippen LogP) is 2.66. The molecule has 0 saturated heterocycles. The molecule has 0 bridgehead atoms. The van der Waals surface area contributed by atoms with Crippen molar-refractivity contribution >= 4 is 5.91 Å². The molecule has 0 aliphatic heterocycles. The summed E-state index contributed by atoms with van der Waals surface area (Å²) in [7, 11) is 1.91. The van der Waals surface area contributed by atoms with Crippen LogP contribution in [0.1, 0.15) is 56.7 Å². The lowest BCUT2D eigenvalue weighted by Crippen LogP contribution is -2.48. The summed E-state index contributed by atoms with van der Waals surface area (Å²) in [6.45, 7) is 4.59. The summed E-state index contributed by atoms with van der Waals surface area (Å²) in [4.78, 5) is 14.5. The summed E-state index contributed by atoms with van der Waals surface area (Å²) in [5, 5.41) is 12.5. The minimum absolute atomic E-state index is 0.115. The first kappa shape index (κ1) is 18.0. The van der Waals surface area contributed by atoms with Crippen molar-refractivity contribution in [1.82, 2.24) is 10.2 Å². The Labute approximate surface area is 139 Å². The van der Waals surface area contributed by atoms with Crippen molar-refractivity contribution in [1.29, 1.82) is 0 Å². The van der Waals surface area contributed by atoms with E-state index >= 15 is 0 Å². The average Bonchev–Trinajstić information content (AvgIpc) is 2.59. The van der Waals surface area contributed by atoms with Crippen LogP contribution in [0.3, 0.4) is 0 Å². The van der Waals surface area contributed by atoms with E-state index in [1.807, 2.05) is 11.9 Å². The second kappa shape index (κ2) is 7.93. The zero-order valence-electron chi connectivity index (χ0n) is 14.6. The van der Waals surface area contributed by atoms with Crippen LogP contribution in [-0.2, 0) is 11.2 Å². The molecule has 0 radical (unpaired) electrons. The molecule has 0 spiro atoms. The molecule has 2 N–H and O–H groups in total. The molecule has 1 aromatic carbocycles. The molecule has 23 heavy (non-hydrogen) atoms. The number of carbonyl (C=O) groups is 1. The van der Waals surface area contributed by atoms with E-state index in [-0.39, 0.29) is 24.1 Å². The Kier molecular flexibility index (Phi) is 6.19. The maximum atomic E-state index is 12.6. The van der Waals surface area contributed by atoms with Gasteiger partial charge in [0.05, 0.1) is 12.6 Å². The molecule has 0 unspecified atom stereocenters. The van der Waals surface area contributed by atoms with Gasteiger partial charge in [-0.25, -0.2) is 0 Å². The van der Waals surface area contributed by atoms with Crippen LogP contribution in [0, 0.1) is 0 Å². The topological polar surface area (TPSA) is 52.6 Å². The smallest absolute Gasteiger partial charge is 0.236 e. The lowest BCUT2D eigenvalue weighted by molar-refractivity contribution is -0.131. The summed E-state index contributed by atoms with van der Waals surface area (Å²) in [6, 6.07) is 8.64. The van der Waals surface area contributed by atoms with E-state index in [9.17, 15) is 9.90 Å². The number of aliphatic hydroxyl groups is 1. The number of aliphatic hydroxyl groups excluding tert-OH is 1. The highest BCUT2D eigenvalue weighted by atomic mass is 16.3. The molecule has 1 aromatic rings. The van der Waals surface area contributed by atoms with Crippen LogP contribution in [0.2, 0.25) is 0 Å². The molecular weight excluding hydrogens is 288 g/mol. The highest BCUT2D eigenvalue weighted by Crippen LogP contribution is 2.33. The number of aryl methyl sites for hydroxylation is 1. The van der Waals surface area contributed by atoms with Gasteiger partial charge in [0, 0.05) is 19.2 Å². The van der Waals surface area contributed by atoms with E-state index in [2.05, 4.69) is 43.4 Å². The van der Waals surface area contributed by atoms with E-state index in [1.54, 1.807) is 0 Å². The van der Waals surface area contributed by atoms with Crippen molar-refractivity contribution in [3.8, 4) is 0 Å². The number of nitrogens with zero attached hydrogens (tertiary/aromatic N) is 1. The largest absolute Gasteiger partial charge is 0.396 e. The van der Waals surface area contributed by atoms with Gasteiger partial charge < -0.3 is 15.3 Å². The van der Waals surface area contributed by atoms with Gasteiger partial charge in [-0.3, -0.25) is 4.79 Å². The molecule has 1 aliphatic carbocycles. The molecule has 1 aliphatic rings. The van der Waals surface area contributed by atoms with E-state index in [0.29, 0.717) is 13.0 Å². The fourth-order valence-electron chi connectivity index (χ4n) is 3.36. The van der Waals surface area contributed by atoms with E-state index in [0.717, 1.165) is 25.7 Å². The Balaban J connectivity index is 2.01. The van der Waals surface area contributed by atoms with Crippen molar-refractivity contribution in [3.05, 3.63) is 35.4 Å². The fourth-order valence-corrected chi connectivity index (χ4v) is 3.36. The highest BCUT2D eigenvalue weighted by molar-refractivity contribution is 5.78. The summed E-state index contributed by atoms with van der Waals surface area (Å²) in [5.41, 5.74) is 2.48. The van der Waals surface area contributed by atoms with Crippen LogP contribution >= 0.6 is 0 Å². The van der Waals surface area contributed by atoms with E-state index in [1.165, 1.54) is 11.1 Å². The number of fused-ring (bicyclic) bond motifs is 1. The predicted molar refractivity (Wildman–Crippen MR) is 93.3 cm³/mol. The number of likely N-dealkylation sites (N-methyl/N-ethyl adjacent to an activating group) is 1. The molecular formula is C19H30N2O2. The van der Waals surface area contributed by atoms with Crippen LogP contribution in [0.4, 0.5) is 0 Å². The van der Waals surface area contributed by atoms with Crippen molar-refractivity contribution in [2.75, 3.05) is 20.2 Å². The maximum Gasteiger partial charge on any atom is 0.236 e. The Hall–Kier alpha value is -1.39. The third kappa shape index (κ3) is 4.33. The summed E-state index contributed by atoms with van der Waals surface area (Å²) in [5.74, 6) is 0.115. The number of carbonyl (C=O) groups excluding carboxylic acids is 1. The minimum Gasteiger partial charge on any atom is -0.396 e. The van der Waals surface area contributed by atoms with Crippen LogP contribution < -0.4 is 5.32 Å². The van der Waals surface area contributed by atoms with Crippen LogP contribution in [-0.4, -0.2) is 41.7 Å². The third-order valence-corrected chi connectivity index (χ3v) is 5.31. The molecule has 128 valence electrons. The van der Waals surface area contributed by atoms with Crippen molar-refractivity contribution in [3.63, 3.8) is 0 Å². The second-order valence-electron chi connectivity index (χ2n) is 6.85. The van der Waals surface area contributed by atoms with Gasteiger partial charge in [0.15, 0.2) is 0 Å². The number of benzene rings is 1. The van der Waals surface area contributed by atoms with E-state index in [4.69, 9.17) is 0 Å². The Bertz CT molecular complexity index is 532. The van der Waals surface area contributed by atoms with Crippen molar-refractivity contribution < 1.29 is 9.90 Å². The van der Waals surface area contributed by atoms with Crippen LogP contribution in [0.5, 0.6) is 0 Å². The fraction of sp³-hybridized carbons (Fsp3) is 0.632. The number of amides is 1. The monoisotopic (exact) mass is 318 g/mol. The Morgan fingerprint density at radius 1 is 1.43 bits per heavy atom. The minimum atomic E-state index is -0.185. The van der Waals surface area contributed by atoms with Gasteiger partial charge in [-0.2, -0.15) is 0 Å². The molecule has 0 saturated carbocycles. The first-order chi connectivity index (χ1) is 11.0. The third-order valence-electron chi connectivity index (χ3n) is 5.31. The van der Waals surface area contributed by atoms with Crippen LogP contribution in [0.15, 0.2) is 24.3 Å². The molecule has 0 fully saturated rings. The van der Waals surface area contributed by atoms with E-state index < -0.39 is 0 Å². The normalized spacial score (nSPS) is 19.7. The SMILES string of the molecule is CC[C@](C)(CCO)NCC(=O)N(C)[C@H]1CCCc2ccccc21. The number of hydrogen-bond acceptors (Lipinski definition) is 3. The molecule has 2 rings (SSSR count). The highest BCUT2D eigenvalue weighted by Gasteiger charge is 2.28. The van der Waals surface area contributed by atoms with Gasteiger partial charge in [0.25, 0.3) is 0 Å². The standard InChI is InChI=1S/C19H30N2O2/c1-4-19(2,12-13-22)20-14-18(23)21(3)17-11-7-9-15-8-5-6-10-16(15)17/h5-6,8,10,17,20,22H,4,7,9,11-14H2,1-3H3/t17-,19+/m0/s1. The van der Waals surface area contributed by atoms with Gasteiger partial charge in [0.1, 0.15) is 0 Å². The van der Waals surface area contributed by atoms with Crippen LogP contribution in [0.25, 0.3) is 0 Å². The molecule has 2 atom stereocenters. The zero-order valence-corrected chi connectivity index (χ0v) is 14.6. The summed E-state index contributed by atoms with van der Waals surface area (Å²) >= 11 is 0.